The molecule has 0 aromatic rings. The standard InChI is InChI=1S/C10H17F3N2O/c1-7(6-10(11,12)13)15-9(16)8-4-2-3-5-14-8/h7-8,14H,2-6H2,1H3,(H,15,16)/t7?,8-/m1/s1. The van der Waals surface area contributed by atoms with Crippen LogP contribution in [-0.2, 0) is 4.79 Å². The van der Waals surface area contributed by atoms with Gasteiger partial charge in [0.1, 0.15) is 0 Å². The number of halogens is 3. The SMILES string of the molecule is CC(CC(F)(F)F)NC(=O)[C@H]1CCCCN1. The third-order valence-electron chi connectivity index (χ3n) is 2.55. The second-order valence-electron chi connectivity index (χ2n) is 4.23. The van der Waals surface area contributed by atoms with E-state index in [2.05, 4.69) is 10.6 Å². The van der Waals surface area contributed by atoms with Gasteiger partial charge in [0.15, 0.2) is 0 Å². The highest BCUT2D eigenvalue weighted by molar-refractivity contribution is 5.82. The summed E-state index contributed by atoms with van der Waals surface area (Å²) in [5, 5.41) is 5.38. The van der Waals surface area contributed by atoms with Gasteiger partial charge in [0.05, 0.1) is 12.5 Å². The van der Waals surface area contributed by atoms with Crippen molar-refractivity contribution in [3.63, 3.8) is 0 Å². The third kappa shape index (κ3) is 4.83. The van der Waals surface area contributed by atoms with Crippen molar-refractivity contribution in [1.29, 1.82) is 0 Å². The van der Waals surface area contributed by atoms with Crippen molar-refractivity contribution in [1.82, 2.24) is 10.6 Å². The molecule has 2 N–H and O–H groups in total. The first-order chi connectivity index (χ1) is 7.38. The fraction of sp³-hybridized carbons (Fsp3) is 0.900. The fourth-order valence-electron chi connectivity index (χ4n) is 1.82. The normalized spacial score (nSPS) is 23.9. The molecule has 1 aliphatic heterocycles. The van der Waals surface area contributed by atoms with E-state index in [-0.39, 0.29) is 11.9 Å². The van der Waals surface area contributed by atoms with Gasteiger partial charge in [0.2, 0.25) is 5.91 Å². The lowest BCUT2D eigenvalue weighted by Crippen LogP contribution is -2.49. The highest BCUT2D eigenvalue weighted by Gasteiger charge is 2.31. The Labute approximate surface area is 92.8 Å². The van der Waals surface area contributed by atoms with Crippen LogP contribution < -0.4 is 10.6 Å². The fourth-order valence-corrected chi connectivity index (χ4v) is 1.82. The molecule has 0 aromatic heterocycles. The van der Waals surface area contributed by atoms with Gasteiger partial charge in [-0.2, -0.15) is 13.2 Å². The van der Waals surface area contributed by atoms with E-state index in [1.54, 1.807) is 0 Å². The molecule has 0 saturated carbocycles. The van der Waals surface area contributed by atoms with Gasteiger partial charge in [-0.3, -0.25) is 4.79 Å². The van der Waals surface area contributed by atoms with Crippen LogP contribution in [0.25, 0.3) is 0 Å². The van der Waals surface area contributed by atoms with Crippen LogP contribution in [0.4, 0.5) is 13.2 Å². The predicted octanol–water partition coefficient (Wildman–Crippen LogP) is 1.59. The van der Waals surface area contributed by atoms with Crippen molar-refractivity contribution >= 4 is 5.91 Å². The molecular weight excluding hydrogens is 221 g/mol. The lowest BCUT2D eigenvalue weighted by atomic mass is 10.0. The van der Waals surface area contributed by atoms with Gasteiger partial charge in [0, 0.05) is 6.04 Å². The molecule has 1 fully saturated rings. The monoisotopic (exact) mass is 238 g/mol. The molecule has 1 aliphatic rings. The largest absolute Gasteiger partial charge is 0.391 e. The van der Waals surface area contributed by atoms with Crippen molar-refractivity contribution < 1.29 is 18.0 Å². The van der Waals surface area contributed by atoms with E-state index in [4.69, 9.17) is 0 Å². The molecule has 0 bridgehead atoms. The minimum Gasteiger partial charge on any atom is -0.352 e. The number of nitrogens with one attached hydrogen (secondary N) is 2. The van der Waals surface area contributed by atoms with Crippen LogP contribution in [0, 0.1) is 0 Å². The first kappa shape index (κ1) is 13.3. The molecular formula is C10H17F3N2O. The Hall–Kier alpha value is -0.780. The highest BCUT2D eigenvalue weighted by Crippen LogP contribution is 2.21. The summed E-state index contributed by atoms with van der Waals surface area (Å²) in [7, 11) is 0. The summed E-state index contributed by atoms with van der Waals surface area (Å²) in [6.07, 6.45) is -2.55. The van der Waals surface area contributed by atoms with Crippen LogP contribution in [0.15, 0.2) is 0 Å². The molecule has 6 heteroatoms. The maximum atomic E-state index is 12.0. The van der Waals surface area contributed by atoms with Crippen LogP contribution in [0.3, 0.4) is 0 Å². The van der Waals surface area contributed by atoms with E-state index >= 15 is 0 Å². The zero-order valence-corrected chi connectivity index (χ0v) is 9.23. The Balaban J connectivity index is 2.32. The van der Waals surface area contributed by atoms with Gasteiger partial charge in [0.25, 0.3) is 0 Å². The molecule has 0 aliphatic carbocycles. The van der Waals surface area contributed by atoms with Crippen molar-refractivity contribution in [2.75, 3.05) is 6.54 Å². The third-order valence-corrected chi connectivity index (χ3v) is 2.55. The second-order valence-corrected chi connectivity index (χ2v) is 4.23. The average molecular weight is 238 g/mol. The summed E-state index contributed by atoms with van der Waals surface area (Å²) in [6.45, 7) is 2.12. The minimum absolute atomic E-state index is 0.323. The molecule has 1 amide bonds. The molecule has 3 nitrogen and oxygen atoms in total. The number of hydrogen-bond acceptors (Lipinski definition) is 2. The smallest absolute Gasteiger partial charge is 0.352 e. The van der Waals surface area contributed by atoms with Gasteiger partial charge in [-0.15, -0.1) is 0 Å². The predicted molar refractivity (Wildman–Crippen MR) is 53.9 cm³/mol. The Morgan fingerprint density at radius 1 is 1.50 bits per heavy atom. The summed E-state index contributed by atoms with van der Waals surface area (Å²) in [5.74, 6) is -0.323. The summed E-state index contributed by atoms with van der Waals surface area (Å²) in [5.41, 5.74) is 0. The van der Waals surface area contributed by atoms with Gasteiger partial charge in [-0.05, 0) is 26.3 Å². The summed E-state index contributed by atoms with van der Waals surface area (Å²) < 4.78 is 36.1. The number of amides is 1. The Bertz CT molecular complexity index is 237. The summed E-state index contributed by atoms with van der Waals surface area (Å²) in [4.78, 5) is 11.6. The van der Waals surface area contributed by atoms with Gasteiger partial charge in [-0.25, -0.2) is 0 Å². The van der Waals surface area contributed by atoms with Crippen molar-refractivity contribution in [3.8, 4) is 0 Å². The van der Waals surface area contributed by atoms with E-state index < -0.39 is 18.6 Å². The molecule has 0 spiro atoms. The first-order valence-electron chi connectivity index (χ1n) is 5.49. The van der Waals surface area contributed by atoms with E-state index in [1.165, 1.54) is 6.92 Å². The molecule has 0 aromatic carbocycles. The zero-order chi connectivity index (χ0) is 12.2. The number of piperidine rings is 1. The molecule has 1 saturated heterocycles. The Morgan fingerprint density at radius 2 is 2.19 bits per heavy atom. The van der Waals surface area contributed by atoms with Gasteiger partial charge >= 0.3 is 6.18 Å². The van der Waals surface area contributed by atoms with Crippen LogP contribution in [0.1, 0.15) is 32.6 Å². The number of rotatable bonds is 3. The van der Waals surface area contributed by atoms with E-state index in [0.29, 0.717) is 6.42 Å². The quantitative estimate of drug-likeness (QED) is 0.784. The number of carbonyl (C=O) groups is 1. The summed E-state index contributed by atoms with van der Waals surface area (Å²) >= 11 is 0. The molecule has 94 valence electrons. The van der Waals surface area contributed by atoms with E-state index in [0.717, 1.165) is 19.4 Å². The maximum absolute atomic E-state index is 12.0. The summed E-state index contributed by atoms with van der Waals surface area (Å²) in [6, 6.07) is -1.19. The van der Waals surface area contributed by atoms with Crippen molar-refractivity contribution in [3.05, 3.63) is 0 Å². The highest BCUT2D eigenvalue weighted by atomic mass is 19.4. The zero-order valence-electron chi connectivity index (χ0n) is 9.23. The van der Waals surface area contributed by atoms with Gasteiger partial charge in [-0.1, -0.05) is 6.42 Å². The molecule has 2 atom stereocenters. The molecule has 16 heavy (non-hydrogen) atoms. The molecule has 1 heterocycles. The van der Waals surface area contributed by atoms with Crippen LogP contribution >= 0.6 is 0 Å². The minimum atomic E-state index is -4.23. The average Bonchev–Trinajstić information content (AvgIpc) is 2.16. The maximum Gasteiger partial charge on any atom is 0.391 e. The number of alkyl halides is 3. The lowest BCUT2D eigenvalue weighted by molar-refractivity contribution is -0.141. The Morgan fingerprint density at radius 3 is 2.69 bits per heavy atom. The van der Waals surface area contributed by atoms with Crippen molar-refractivity contribution in [2.24, 2.45) is 0 Å². The van der Waals surface area contributed by atoms with Crippen LogP contribution in [-0.4, -0.2) is 30.7 Å². The first-order valence-corrected chi connectivity index (χ1v) is 5.49. The van der Waals surface area contributed by atoms with Crippen LogP contribution in [0.2, 0.25) is 0 Å². The van der Waals surface area contributed by atoms with Gasteiger partial charge < -0.3 is 10.6 Å². The molecule has 0 radical (unpaired) electrons. The lowest BCUT2D eigenvalue weighted by Gasteiger charge is -2.24. The number of hydrogen-bond donors (Lipinski definition) is 2. The topological polar surface area (TPSA) is 41.1 Å². The van der Waals surface area contributed by atoms with Crippen LogP contribution in [0.5, 0.6) is 0 Å². The van der Waals surface area contributed by atoms with Crippen molar-refractivity contribution in [2.45, 2.75) is 50.9 Å². The molecule has 1 unspecified atom stereocenters. The van der Waals surface area contributed by atoms with E-state index in [1.807, 2.05) is 0 Å². The second kappa shape index (κ2) is 5.52. The Kier molecular flexibility index (Phi) is 4.58. The number of carbonyl (C=O) groups excluding carboxylic acids is 1. The molecule has 1 rings (SSSR count). The van der Waals surface area contributed by atoms with E-state index in [9.17, 15) is 18.0 Å².